The summed E-state index contributed by atoms with van der Waals surface area (Å²) in [7, 11) is 0. The Bertz CT molecular complexity index is 1010. The van der Waals surface area contributed by atoms with Crippen molar-refractivity contribution in [3.63, 3.8) is 0 Å². The zero-order valence-corrected chi connectivity index (χ0v) is 16.0. The minimum Gasteiger partial charge on any atom is -0.277 e. The van der Waals surface area contributed by atoms with Crippen molar-refractivity contribution in [3.8, 4) is 0 Å². The van der Waals surface area contributed by atoms with Crippen LogP contribution in [0.25, 0.3) is 0 Å². The van der Waals surface area contributed by atoms with Crippen LogP contribution >= 0.6 is 0 Å². The molecule has 0 spiro atoms. The molecule has 2 unspecified atom stereocenters. The van der Waals surface area contributed by atoms with Crippen LogP contribution in [0.4, 0.5) is 21.0 Å². The van der Waals surface area contributed by atoms with E-state index in [0.29, 0.717) is 0 Å². The monoisotopic (exact) mass is 420 g/mol. The standard InChI is InChI=1S/C21H16N4O6/c26-16-14(18(28)24(20(30)22-16)12-7-3-1-4-8-12)11-15-17(27)23-21(31)25(19(15)29)13-9-5-2-6-10-13/h1-10,14-15H,11H2,(H,22,26,30)(H,23,27,31). The number of rotatable bonds is 4. The Morgan fingerprint density at radius 2 is 0.935 bits per heavy atom. The lowest BCUT2D eigenvalue weighted by Gasteiger charge is -2.34. The molecule has 2 aliphatic heterocycles. The largest absolute Gasteiger partial charge is 0.335 e. The van der Waals surface area contributed by atoms with E-state index in [0.717, 1.165) is 9.80 Å². The third-order valence-electron chi connectivity index (χ3n) is 5.04. The van der Waals surface area contributed by atoms with Gasteiger partial charge in [-0.15, -0.1) is 0 Å². The number of nitrogens with zero attached hydrogens (tertiary/aromatic N) is 2. The van der Waals surface area contributed by atoms with Crippen molar-refractivity contribution in [2.24, 2.45) is 11.8 Å². The summed E-state index contributed by atoms with van der Waals surface area (Å²) in [6.45, 7) is 0. The molecule has 2 aliphatic rings. The summed E-state index contributed by atoms with van der Waals surface area (Å²) < 4.78 is 0. The number of hydrogen-bond acceptors (Lipinski definition) is 6. The van der Waals surface area contributed by atoms with Gasteiger partial charge in [-0.05, 0) is 30.7 Å². The summed E-state index contributed by atoms with van der Waals surface area (Å²) in [6, 6.07) is 14.1. The highest BCUT2D eigenvalue weighted by atomic mass is 16.2. The second-order valence-electron chi connectivity index (χ2n) is 6.95. The van der Waals surface area contributed by atoms with E-state index in [1.807, 2.05) is 0 Å². The number of carbonyl (C=O) groups excluding carboxylic acids is 6. The maximum Gasteiger partial charge on any atom is 0.335 e. The van der Waals surface area contributed by atoms with Crippen LogP contribution in [-0.4, -0.2) is 35.7 Å². The normalized spacial score (nSPS) is 21.8. The second-order valence-corrected chi connectivity index (χ2v) is 6.95. The fraction of sp³-hybridized carbons (Fsp3) is 0.143. The Morgan fingerprint density at radius 3 is 1.29 bits per heavy atom. The number of hydrogen-bond donors (Lipinski definition) is 2. The molecule has 0 aliphatic carbocycles. The fourth-order valence-corrected chi connectivity index (χ4v) is 3.53. The van der Waals surface area contributed by atoms with Crippen LogP contribution in [0.1, 0.15) is 6.42 Å². The zero-order valence-electron chi connectivity index (χ0n) is 16.0. The number of amides is 8. The SMILES string of the molecule is O=C1NC(=O)N(c2ccccc2)C(=O)C1CC1C(=O)NC(=O)N(c2ccccc2)C1=O. The van der Waals surface area contributed by atoms with Gasteiger partial charge in [-0.3, -0.25) is 29.8 Å². The summed E-state index contributed by atoms with van der Waals surface area (Å²) in [6.07, 6.45) is -0.497. The van der Waals surface area contributed by atoms with E-state index in [1.165, 1.54) is 24.3 Å². The third-order valence-corrected chi connectivity index (χ3v) is 5.04. The van der Waals surface area contributed by atoms with Gasteiger partial charge >= 0.3 is 12.1 Å². The van der Waals surface area contributed by atoms with Gasteiger partial charge < -0.3 is 0 Å². The minimum absolute atomic E-state index is 0.239. The average Bonchev–Trinajstić information content (AvgIpc) is 2.74. The van der Waals surface area contributed by atoms with Crippen LogP contribution < -0.4 is 20.4 Å². The highest BCUT2D eigenvalue weighted by Crippen LogP contribution is 2.28. The second kappa shape index (κ2) is 7.82. The molecule has 2 saturated heterocycles. The predicted molar refractivity (Wildman–Crippen MR) is 107 cm³/mol. The molecule has 31 heavy (non-hydrogen) atoms. The predicted octanol–water partition coefficient (Wildman–Crippen LogP) is 1.17. The first kappa shape index (κ1) is 20.0. The number of barbiturate groups is 2. The van der Waals surface area contributed by atoms with Gasteiger partial charge in [0.05, 0.1) is 11.4 Å². The summed E-state index contributed by atoms with van der Waals surface area (Å²) >= 11 is 0. The Balaban J connectivity index is 1.62. The molecule has 8 amide bonds. The first-order valence-electron chi connectivity index (χ1n) is 9.36. The lowest BCUT2D eigenvalue weighted by molar-refractivity contribution is -0.138. The molecule has 4 rings (SSSR count). The van der Waals surface area contributed by atoms with Gasteiger partial charge in [0.15, 0.2) is 0 Å². The number of imide groups is 4. The van der Waals surface area contributed by atoms with Gasteiger partial charge in [-0.2, -0.15) is 0 Å². The van der Waals surface area contributed by atoms with E-state index >= 15 is 0 Å². The molecule has 0 aromatic heterocycles. The van der Waals surface area contributed by atoms with Crippen LogP contribution in [0.3, 0.4) is 0 Å². The van der Waals surface area contributed by atoms with Crippen LogP contribution in [0, 0.1) is 11.8 Å². The van der Waals surface area contributed by atoms with Gasteiger partial charge in [0.25, 0.3) is 0 Å². The molecule has 10 nitrogen and oxygen atoms in total. The molecule has 2 aromatic rings. The Hall–Kier alpha value is -4.34. The van der Waals surface area contributed by atoms with E-state index < -0.39 is 53.9 Å². The Labute approximate surface area is 175 Å². The maximum atomic E-state index is 13.0. The molecule has 0 bridgehead atoms. The topological polar surface area (TPSA) is 133 Å². The van der Waals surface area contributed by atoms with E-state index in [4.69, 9.17) is 0 Å². The third kappa shape index (κ3) is 3.54. The van der Waals surface area contributed by atoms with Gasteiger partial charge in [0.2, 0.25) is 23.6 Å². The number of para-hydroxylation sites is 2. The lowest BCUT2D eigenvalue weighted by Crippen LogP contribution is -2.62. The summed E-state index contributed by atoms with van der Waals surface area (Å²) in [5.41, 5.74) is 0.478. The van der Waals surface area contributed by atoms with Gasteiger partial charge in [0, 0.05) is 0 Å². The van der Waals surface area contributed by atoms with Crippen LogP contribution in [-0.2, 0) is 19.2 Å². The van der Waals surface area contributed by atoms with Crippen molar-refractivity contribution in [1.82, 2.24) is 10.6 Å². The maximum absolute atomic E-state index is 13.0. The van der Waals surface area contributed by atoms with E-state index in [1.54, 1.807) is 36.4 Å². The molecule has 0 saturated carbocycles. The van der Waals surface area contributed by atoms with Gasteiger partial charge in [-0.1, -0.05) is 36.4 Å². The highest BCUT2D eigenvalue weighted by molar-refractivity contribution is 6.30. The van der Waals surface area contributed by atoms with Crippen molar-refractivity contribution in [1.29, 1.82) is 0 Å². The van der Waals surface area contributed by atoms with E-state index in [2.05, 4.69) is 10.6 Å². The number of urea groups is 2. The van der Waals surface area contributed by atoms with E-state index in [-0.39, 0.29) is 11.4 Å². The molecule has 10 heteroatoms. The summed E-state index contributed by atoms with van der Waals surface area (Å²) in [5.74, 6) is -6.48. The molecule has 2 heterocycles. The smallest absolute Gasteiger partial charge is 0.277 e. The molecule has 0 radical (unpaired) electrons. The molecule has 2 atom stereocenters. The first-order valence-corrected chi connectivity index (χ1v) is 9.36. The number of carbonyl (C=O) groups is 6. The van der Waals surface area contributed by atoms with Crippen LogP contribution in [0.15, 0.2) is 60.7 Å². The molecule has 2 fully saturated rings. The Kier molecular flexibility index (Phi) is 5.04. The van der Waals surface area contributed by atoms with Gasteiger partial charge in [-0.25, -0.2) is 19.4 Å². The zero-order chi connectivity index (χ0) is 22.1. The lowest BCUT2D eigenvalue weighted by atomic mass is 9.88. The first-order chi connectivity index (χ1) is 14.9. The highest BCUT2D eigenvalue weighted by Gasteiger charge is 2.48. The molecule has 2 N–H and O–H groups in total. The fourth-order valence-electron chi connectivity index (χ4n) is 3.53. The summed E-state index contributed by atoms with van der Waals surface area (Å²) in [4.78, 5) is 76.8. The van der Waals surface area contributed by atoms with Crippen LogP contribution in [0.2, 0.25) is 0 Å². The van der Waals surface area contributed by atoms with Crippen molar-refractivity contribution < 1.29 is 28.8 Å². The van der Waals surface area contributed by atoms with Crippen molar-refractivity contribution in [3.05, 3.63) is 60.7 Å². The van der Waals surface area contributed by atoms with Crippen LogP contribution in [0.5, 0.6) is 0 Å². The Morgan fingerprint density at radius 1 is 0.581 bits per heavy atom. The molecular weight excluding hydrogens is 404 g/mol. The number of benzene rings is 2. The molecule has 156 valence electrons. The number of anilines is 2. The molecular formula is C21H16N4O6. The minimum atomic E-state index is -1.47. The average molecular weight is 420 g/mol. The molecule has 2 aromatic carbocycles. The van der Waals surface area contributed by atoms with Crippen molar-refractivity contribution in [2.45, 2.75) is 6.42 Å². The number of nitrogens with one attached hydrogen (secondary N) is 2. The summed E-state index contributed by atoms with van der Waals surface area (Å²) in [5, 5.41) is 4.17. The van der Waals surface area contributed by atoms with Crippen molar-refractivity contribution >= 4 is 47.1 Å². The van der Waals surface area contributed by atoms with Crippen molar-refractivity contribution in [2.75, 3.05) is 9.80 Å². The quantitative estimate of drug-likeness (QED) is 0.714. The van der Waals surface area contributed by atoms with E-state index in [9.17, 15) is 28.8 Å². The van der Waals surface area contributed by atoms with Gasteiger partial charge in [0.1, 0.15) is 11.8 Å².